The van der Waals surface area contributed by atoms with Crippen molar-refractivity contribution >= 4 is 11.7 Å². The van der Waals surface area contributed by atoms with Crippen molar-refractivity contribution in [1.82, 2.24) is 0 Å². The summed E-state index contributed by atoms with van der Waals surface area (Å²) in [5.41, 5.74) is 6.07. The zero-order valence-electron chi connectivity index (χ0n) is 12.0. The van der Waals surface area contributed by atoms with Crippen molar-refractivity contribution in [3.8, 4) is 11.1 Å². The monoisotopic (exact) mass is 309 g/mol. The van der Waals surface area contributed by atoms with Gasteiger partial charge in [0.2, 0.25) is 0 Å². The van der Waals surface area contributed by atoms with E-state index in [1.165, 1.54) is 37.4 Å². The van der Waals surface area contributed by atoms with E-state index in [1.54, 1.807) is 6.92 Å². The third-order valence-electron chi connectivity index (χ3n) is 3.40. The van der Waals surface area contributed by atoms with E-state index in [4.69, 9.17) is 5.73 Å². The van der Waals surface area contributed by atoms with E-state index < -0.39 is 17.7 Å². The zero-order chi connectivity index (χ0) is 16.5. The van der Waals surface area contributed by atoms with Crippen LogP contribution in [0.2, 0.25) is 0 Å². The molecular formula is C16H14F3NO2. The maximum atomic E-state index is 13.1. The molecule has 0 spiro atoms. The Morgan fingerprint density at radius 3 is 2.41 bits per heavy atom. The molecule has 0 aliphatic carbocycles. The van der Waals surface area contributed by atoms with Gasteiger partial charge in [-0.3, -0.25) is 0 Å². The number of carbonyl (C=O) groups is 1. The van der Waals surface area contributed by atoms with Crippen LogP contribution in [0.4, 0.5) is 18.9 Å². The molecule has 22 heavy (non-hydrogen) atoms. The van der Waals surface area contributed by atoms with E-state index in [9.17, 15) is 18.0 Å². The summed E-state index contributed by atoms with van der Waals surface area (Å²) in [6.07, 6.45) is -4.50. The Morgan fingerprint density at radius 2 is 1.82 bits per heavy atom. The number of esters is 1. The highest BCUT2D eigenvalue weighted by Crippen LogP contribution is 2.38. The van der Waals surface area contributed by atoms with Gasteiger partial charge < -0.3 is 10.5 Å². The second-order valence-electron chi connectivity index (χ2n) is 4.77. The number of halogens is 3. The summed E-state index contributed by atoms with van der Waals surface area (Å²) in [5.74, 6) is -0.643. The first kappa shape index (κ1) is 15.9. The van der Waals surface area contributed by atoms with Crippen LogP contribution < -0.4 is 5.73 Å². The van der Waals surface area contributed by atoms with Crippen molar-refractivity contribution in [2.45, 2.75) is 13.1 Å². The Kier molecular flexibility index (Phi) is 4.12. The second-order valence-corrected chi connectivity index (χ2v) is 4.77. The number of benzene rings is 2. The largest absolute Gasteiger partial charge is 0.465 e. The number of nitrogens with two attached hydrogens (primary N) is 1. The minimum absolute atomic E-state index is 0.0353. The van der Waals surface area contributed by atoms with Crippen LogP contribution in [0.25, 0.3) is 11.1 Å². The van der Waals surface area contributed by atoms with Crippen molar-refractivity contribution in [3.05, 3.63) is 53.1 Å². The van der Waals surface area contributed by atoms with Crippen LogP contribution in [0.1, 0.15) is 21.5 Å². The molecule has 2 rings (SSSR count). The van der Waals surface area contributed by atoms with E-state index in [1.807, 2.05) is 0 Å². The van der Waals surface area contributed by atoms with Crippen LogP contribution in [0, 0.1) is 6.92 Å². The summed E-state index contributed by atoms with van der Waals surface area (Å²) in [5, 5.41) is 0. The Labute approximate surface area is 125 Å². The predicted molar refractivity (Wildman–Crippen MR) is 77.4 cm³/mol. The standard InChI is InChI=1S/C16H14F3NO2/c1-9-12(15(21)22-2)7-10(8-14(9)20)11-5-3-4-6-13(11)16(17,18)19/h3-8H,20H2,1-2H3. The molecule has 0 atom stereocenters. The van der Waals surface area contributed by atoms with Crippen LogP contribution in [-0.4, -0.2) is 13.1 Å². The number of anilines is 1. The molecule has 0 aliphatic heterocycles. The van der Waals surface area contributed by atoms with Crippen LogP contribution in [0.15, 0.2) is 36.4 Å². The third kappa shape index (κ3) is 2.90. The van der Waals surface area contributed by atoms with Gasteiger partial charge in [-0.25, -0.2) is 4.79 Å². The first-order valence-electron chi connectivity index (χ1n) is 6.40. The highest BCUT2D eigenvalue weighted by Gasteiger charge is 2.33. The first-order valence-corrected chi connectivity index (χ1v) is 6.40. The number of nitrogen functional groups attached to an aromatic ring is 1. The molecule has 0 unspecified atom stereocenters. The van der Waals surface area contributed by atoms with E-state index >= 15 is 0 Å². The van der Waals surface area contributed by atoms with Crippen LogP contribution >= 0.6 is 0 Å². The summed E-state index contributed by atoms with van der Waals surface area (Å²) < 4.78 is 44.0. The lowest BCUT2D eigenvalue weighted by Gasteiger charge is -2.15. The number of alkyl halides is 3. The maximum absolute atomic E-state index is 13.1. The minimum atomic E-state index is -4.50. The number of carbonyl (C=O) groups excluding carboxylic acids is 1. The molecule has 116 valence electrons. The minimum Gasteiger partial charge on any atom is -0.465 e. The predicted octanol–water partition coefficient (Wildman–Crippen LogP) is 4.05. The van der Waals surface area contributed by atoms with Gasteiger partial charge in [0.05, 0.1) is 18.2 Å². The van der Waals surface area contributed by atoms with Crippen LogP contribution in [0.3, 0.4) is 0 Å². The van der Waals surface area contributed by atoms with Gasteiger partial charge in [-0.15, -0.1) is 0 Å². The quantitative estimate of drug-likeness (QED) is 0.672. The molecule has 0 fully saturated rings. The van der Waals surface area contributed by atoms with Crippen molar-refractivity contribution in [1.29, 1.82) is 0 Å². The summed E-state index contributed by atoms with van der Waals surface area (Å²) in [7, 11) is 1.20. The Balaban J connectivity index is 2.70. The molecule has 0 saturated heterocycles. The second kappa shape index (κ2) is 5.71. The van der Waals surface area contributed by atoms with Gasteiger partial charge in [0, 0.05) is 5.69 Å². The normalized spacial score (nSPS) is 11.3. The van der Waals surface area contributed by atoms with Crippen molar-refractivity contribution in [3.63, 3.8) is 0 Å². The maximum Gasteiger partial charge on any atom is 0.417 e. The van der Waals surface area contributed by atoms with Gasteiger partial charge in [0.1, 0.15) is 0 Å². The smallest absolute Gasteiger partial charge is 0.417 e. The van der Waals surface area contributed by atoms with Gasteiger partial charge in [-0.2, -0.15) is 13.2 Å². The molecule has 0 amide bonds. The fourth-order valence-electron chi connectivity index (χ4n) is 2.20. The van der Waals surface area contributed by atoms with Crippen molar-refractivity contribution < 1.29 is 22.7 Å². The lowest BCUT2D eigenvalue weighted by atomic mass is 9.94. The lowest BCUT2D eigenvalue weighted by Crippen LogP contribution is -2.09. The highest BCUT2D eigenvalue weighted by atomic mass is 19.4. The fraction of sp³-hybridized carbons (Fsp3) is 0.188. The molecular weight excluding hydrogens is 295 g/mol. The zero-order valence-corrected chi connectivity index (χ0v) is 12.0. The number of ether oxygens (including phenoxy) is 1. The van der Waals surface area contributed by atoms with Gasteiger partial charge in [0.25, 0.3) is 0 Å². The fourth-order valence-corrected chi connectivity index (χ4v) is 2.20. The summed E-state index contributed by atoms with van der Waals surface area (Å²) in [6, 6.07) is 7.93. The lowest BCUT2D eigenvalue weighted by molar-refractivity contribution is -0.137. The van der Waals surface area contributed by atoms with Gasteiger partial charge in [-0.1, -0.05) is 18.2 Å². The van der Waals surface area contributed by atoms with E-state index in [0.717, 1.165) is 6.07 Å². The van der Waals surface area contributed by atoms with Crippen molar-refractivity contribution in [2.75, 3.05) is 12.8 Å². The molecule has 2 N–H and O–H groups in total. The van der Waals surface area contributed by atoms with Crippen LogP contribution in [0.5, 0.6) is 0 Å². The SMILES string of the molecule is COC(=O)c1cc(-c2ccccc2C(F)(F)F)cc(N)c1C. The van der Waals surface area contributed by atoms with E-state index in [-0.39, 0.29) is 22.4 Å². The molecule has 0 saturated carbocycles. The van der Waals surface area contributed by atoms with Crippen LogP contribution in [-0.2, 0) is 10.9 Å². The van der Waals surface area contributed by atoms with E-state index in [2.05, 4.69) is 4.74 Å². The summed E-state index contributed by atoms with van der Waals surface area (Å²) in [6.45, 7) is 1.61. The molecule has 3 nitrogen and oxygen atoms in total. The number of methoxy groups -OCH3 is 1. The van der Waals surface area contributed by atoms with E-state index in [0.29, 0.717) is 5.56 Å². The third-order valence-corrected chi connectivity index (χ3v) is 3.40. The summed E-state index contributed by atoms with van der Waals surface area (Å²) >= 11 is 0. The number of hydrogen-bond donors (Lipinski definition) is 1. The van der Waals surface area contributed by atoms with Gasteiger partial charge >= 0.3 is 12.1 Å². The topological polar surface area (TPSA) is 52.3 Å². The van der Waals surface area contributed by atoms with Gasteiger partial charge in [0.15, 0.2) is 0 Å². The first-order chi connectivity index (χ1) is 10.3. The summed E-state index contributed by atoms with van der Waals surface area (Å²) in [4.78, 5) is 11.8. The Morgan fingerprint density at radius 1 is 1.18 bits per heavy atom. The number of hydrogen-bond acceptors (Lipinski definition) is 3. The average Bonchev–Trinajstić information content (AvgIpc) is 2.48. The Hall–Kier alpha value is -2.50. The highest BCUT2D eigenvalue weighted by molar-refractivity contribution is 5.95. The molecule has 0 aromatic heterocycles. The molecule has 0 radical (unpaired) electrons. The molecule has 2 aromatic rings. The molecule has 0 aliphatic rings. The molecule has 0 bridgehead atoms. The molecule has 6 heteroatoms. The number of rotatable bonds is 2. The van der Waals surface area contributed by atoms with Gasteiger partial charge in [-0.05, 0) is 41.8 Å². The molecule has 0 heterocycles. The van der Waals surface area contributed by atoms with Crippen molar-refractivity contribution in [2.24, 2.45) is 0 Å². The molecule has 2 aromatic carbocycles. The Bertz CT molecular complexity index is 724. The average molecular weight is 309 g/mol.